The van der Waals surface area contributed by atoms with Gasteiger partial charge in [-0.1, -0.05) is 56.0 Å². The van der Waals surface area contributed by atoms with E-state index in [1.165, 1.54) is 23.1 Å². The van der Waals surface area contributed by atoms with Gasteiger partial charge in [-0.25, -0.2) is 4.39 Å². The number of carbonyl (C=O) groups excluding carboxylic acids is 1. The quantitative estimate of drug-likeness (QED) is 0.600. The van der Waals surface area contributed by atoms with Crippen molar-refractivity contribution in [1.29, 1.82) is 0 Å². The second-order valence-electron chi connectivity index (χ2n) is 7.60. The van der Waals surface area contributed by atoms with Gasteiger partial charge in [0.25, 0.3) is 5.91 Å². The number of benzene rings is 2. The summed E-state index contributed by atoms with van der Waals surface area (Å²) in [6.07, 6.45) is 3.83. The first-order valence-electron chi connectivity index (χ1n) is 10.2. The second kappa shape index (κ2) is 8.13. The first-order chi connectivity index (χ1) is 14.1. The summed E-state index contributed by atoms with van der Waals surface area (Å²) < 4.78 is 13.6. The van der Waals surface area contributed by atoms with E-state index in [1.54, 1.807) is 19.1 Å². The fourth-order valence-electron chi connectivity index (χ4n) is 4.47. The summed E-state index contributed by atoms with van der Waals surface area (Å²) in [7, 11) is 0. The van der Waals surface area contributed by atoms with Gasteiger partial charge in [0.1, 0.15) is 5.82 Å². The molecule has 1 aliphatic heterocycles. The molecule has 0 radical (unpaired) electrons. The maximum Gasteiger partial charge on any atom is 0.299 e. The van der Waals surface area contributed by atoms with E-state index >= 15 is 0 Å². The van der Waals surface area contributed by atoms with Gasteiger partial charge >= 0.3 is 0 Å². The van der Waals surface area contributed by atoms with Crippen molar-refractivity contribution in [3.05, 3.63) is 71.2 Å². The molecular formula is C25H25FN2O. The molecule has 0 saturated carbocycles. The predicted octanol–water partition coefficient (Wildman–Crippen LogP) is 5.36. The molecule has 0 bridgehead atoms. The Hall–Kier alpha value is -3.06. The summed E-state index contributed by atoms with van der Waals surface area (Å²) in [5, 5.41) is 1.20. The molecule has 4 rings (SSSR count). The lowest BCUT2D eigenvalue weighted by atomic mass is 9.86. The third-order valence-corrected chi connectivity index (χ3v) is 5.77. The molecular weight excluding hydrogens is 363 g/mol. The van der Waals surface area contributed by atoms with Gasteiger partial charge in [-0.3, -0.25) is 4.79 Å². The number of hydrogen-bond acceptors (Lipinski definition) is 1. The van der Waals surface area contributed by atoms with Crippen molar-refractivity contribution in [2.45, 2.75) is 51.6 Å². The number of aromatic nitrogens is 1. The van der Waals surface area contributed by atoms with Crippen LogP contribution in [0, 0.1) is 17.7 Å². The van der Waals surface area contributed by atoms with E-state index < -0.39 is 0 Å². The number of amides is 1. The maximum atomic E-state index is 13.6. The molecule has 2 heterocycles. The molecule has 0 spiro atoms. The van der Waals surface area contributed by atoms with E-state index in [4.69, 9.17) is 0 Å². The Balaban J connectivity index is 1.93. The third-order valence-electron chi connectivity index (χ3n) is 5.77. The SMILES string of the molecule is CC#CC(=O)N1[C@@H](CCCC)Cc2c([nH]c3ccccc23)[C@@H]1c1ccc(F)cc1. The monoisotopic (exact) mass is 388 g/mol. The molecule has 3 aromatic rings. The highest BCUT2D eigenvalue weighted by molar-refractivity contribution is 5.95. The normalized spacial score (nSPS) is 18.2. The summed E-state index contributed by atoms with van der Waals surface area (Å²) in [6, 6.07) is 14.5. The molecule has 2 atom stereocenters. The van der Waals surface area contributed by atoms with Crippen LogP contribution < -0.4 is 0 Å². The van der Waals surface area contributed by atoms with Gasteiger partial charge < -0.3 is 9.88 Å². The van der Waals surface area contributed by atoms with Crippen LogP contribution in [0.5, 0.6) is 0 Å². The van der Waals surface area contributed by atoms with Crippen LogP contribution in [0.1, 0.15) is 56.0 Å². The number of unbranched alkanes of at least 4 members (excludes halogenated alkanes) is 1. The summed E-state index contributed by atoms with van der Waals surface area (Å²) >= 11 is 0. The number of halogens is 1. The van der Waals surface area contributed by atoms with Gasteiger partial charge in [0.05, 0.1) is 6.04 Å². The second-order valence-corrected chi connectivity index (χ2v) is 7.60. The number of carbonyl (C=O) groups is 1. The highest BCUT2D eigenvalue weighted by Gasteiger charge is 2.39. The maximum absolute atomic E-state index is 13.6. The highest BCUT2D eigenvalue weighted by atomic mass is 19.1. The van der Waals surface area contributed by atoms with E-state index in [1.807, 2.05) is 17.0 Å². The van der Waals surface area contributed by atoms with Gasteiger partial charge in [0.2, 0.25) is 0 Å². The summed E-state index contributed by atoms with van der Waals surface area (Å²) in [4.78, 5) is 18.6. The van der Waals surface area contributed by atoms with E-state index in [0.29, 0.717) is 0 Å². The fraction of sp³-hybridized carbons (Fsp3) is 0.320. The molecule has 0 aliphatic carbocycles. The average molecular weight is 388 g/mol. The van der Waals surface area contributed by atoms with E-state index in [-0.39, 0.29) is 23.8 Å². The molecule has 29 heavy (non-hydrogen) atoms. The van der Waals surface area contributed by atoms with Crippen LogP contribution in [0.2, 0.25) is 0 Å². The molecule has 148 valence electrons. The Morgan fingerprint density at radius 1 is 1.21 bits per heavy atom. The molecule has 2 aromatic carbocycles. The van der Waals surface area contributed by atoms with Crippen LogP contribution in [0.4, 0.5) is 4.39 Å². The number of H-pyrrole nitrogens is 1. The smallest absolute Gasteiger partial charge is 0.299 e. The van der Waals surface area contributed by atoms with Crippen LogP contribution >= 0.6 is 0 Å². The Labute approximate surface area is 170 Å². The van der Waals surface area contributed by atoms with Crippen molar-refractivity contribution in [2.24, 2.45) is 0 Å². The van der Waals surface area contributed by atoms with Gasteiger partial charge in [-0.05, 0) is 55.0 Å². The molecule has 1 amide bonds. The molecule has 3 nitrogen and oxygen atoms in total. The third kappa shape index (κ3) is 3.53. The van der Waals surface area contributed by atoms with E-state index in [9.17, 15) is 9.18 Å². The molecule has 0 fully saturated rings. The molecule has 4 heteroatoms. The van der Waals surface area contributed by atoms with Crippen molar-refractivity contribution in [2.75, 3.05) is 0 Å². The van der Waals surface area contributed by atoms with Crippen LogP contribution in [-0.4, -0.2) is 21.8 Å². The van der Waals surface area contributed by atoms with Crippen LogP contribution in [-0.2, 0) is 11.2 Å². The van der Waals surface area contributed by atoms with Crippen molar-refractivity contribution in [1.82, 2.24) is 9.88 Å². The lowest BCUT2D eigenvalue weighted by molar-refractivity contribution is -0.130. The van der Waals surface area contributed by atoms with E-state index in [0.717, 1.165) is 42.5 Å². The van der Waals surface area contributed by atoms with Crippen molar-refractivity contribution < 1.29 is 9.18 Å². The minimum absolute atomic E-state index is 0.0602. The first-order valence-corrected chi connectivity index (χ1v) is 10.2. The Morgan fingerprint density at radius 3 is 2.69 bits per heavy atom. The Bertz CT molecular complexity index is 1090. The van der Waals surface area contributed by atoms with Crippen molar-refractivity contribution >= 4 is 16.8 Å². The summed E-state index contributed by atoms with van der Waals surface area (Å²) in [6.45, 7) is 3.85. The number of nitrogens with one attached hydrogen (secondary N) is 1. The number of rotatable bonds is 4. The standard InChI is InChI=1S/C25H25FN2O/c1-3-5-9-19-16-21-20-10-6-7-11-22(20)27-24(21)25(28(19)23(29)8-4-2)17-12-14-18(26)15-13-17/h6-7,10-15,19,25,27H,3,5,9,16H2,1-2H3/t19-,25-/m0/s1. The first kappa shape index (κ1) is 19.3. The topological polar surface area (TPSA) is 36.1 Å². The number of fused-ring (bicyclic) bond motifs is 3. The number of para-hydroxylation sites is 1. The molecule has 0 unspecified atom stereocenters. The van der Waals surface area contributed by atoms with Crippen LogP contribution in [0.25, 0.3) is 10.9 Å². The van der Waals surface area contributed by atoms with Gasteiger partial charge in [0.15, 0.2) is 0 Å². The lowest BCUT2D eigenvalue weighted by Crippen LogP contribution is -2.47. The van der Waals surface area contributed by atoms with Crippen LogP contribution in [0.15, 0.2) is 48.5 Å². The van der Waals surface area contributed by atoms with Crippen molar-refractivity contribution in [3.63, 3.8) is 0 Å². The minimum atomic E-state index is -0.304. The number of nitrogens with zero attached hydrogens (tertiary/aromatic N) is 1. The zero-order valence-corrected chi connectivity index (χ0v) is 16.8. The molecule has 1 aliphatic rings. The average Bonchev–Trinajstić information content (AvgIpc) is 3.10. The molecule has 1 N–H and O–H groups in total. The van der Waals surface area contributed by atoms with Gasteiger partial charge in [-0.15, -0.1) is 0 Å². The Kier molecular flexibility index (Phi) is 5.40. The van der Waals surface area contributed by atoms with Gasteiger partial charge in [0, 0.05) is 22.6 Å². The minimum Gasteiger partial charge on any atom is -0.356 e. The number of aromatic amines is 1. The molecule has 0 saturated heterocycles. The largest absolute Gasteiger partial charge is 0.356 e. The van der Waals surface area contributed by atoms with Crippen LogP contribution in [0.3, 0.4) is 0 Å². The number of hydrogen-bond donors (Lipinski definition) is 1. The van der Waals surface area contributed by atoms with E-state index in [2.05, 4.69) is 35.9 Å². The summed E-state index contributed by atoms with van der Waals surface area (Å²) in [5.74, 6) is 5.05. The fourth-order valence-corrected chi connectivity index (χ4v) is 4.47. The zero-order chi connectivity index (χ0) is 20.4. The van der Waals surface area contributed by atoms with Crippen molar-refractivity contribution in [3.8, 4) is 11.8 Å². The Morgan fingerprint density at radius 2 is 1.97 bits per heavy atom. The highest BCUT2D eigenvalue weighted by Crippen LogP contribution is 2.42. The lowest BCUT2D eigenvalue weighted by Gasteiger charge is -2.41. The predicted molar refractivity (Wildman–Crippen MR) is 114 cm³/mol. The zero-order valence-electron chi connectivity index (χ0n) is 16.8. The molecule has 1 aromatic heterocycles. The summed E-state index contributed by atoms with van der Waals surface area (Å²) in [5.41, 5.74) is 4.22. The van der Waals surface area contributed by atoms with Gasteiger partial charge in [-0.2, -0.15) is 0 Å².